The summed E-state index contributed by atoms with van der Waals surface area (Å²) in [5, 5.41) is 7.29. The summed E-state index contributed by atoms with van der Waals surface area (Å²) in [4.78, 5) is 8.53. The maximum Gasteiger partial charge on any atom is 0.130 e. The van der Waals surface area contributed by atoms with E-state index >= 15 is 0 Å². The molecule has 1 N–H and O–H groups in total. The highest BCUT2D eigenvalue weighted by Gasteiger charge is 2.10. The minimum absolute atomic E-state index is 0.456. The highest BCUT2D eigenvalue weighted by Crippen LogP contribution is 2.30. The lowest BCUT2D eigenvalue weighted by Gasteiger charge is -2.09. The van der Waals surface area contributed by atoms with Gasteiger partial charge in [0.1, 0.15) is 12.4 Å². The fourth-order valence-corrected chi connectivity index (χ4v) is 3.02. The number of pyridine rings is 2. The van der Waals surface area contributed by atoms with E-state index in [-0.39, 0.29) is 0 Å². The van der Waals surface area contributed by atoms with Crippen LogP contribution in [0.5, 0.6) is 5.75 Å². The lowest BCUT2D eigenvalue weighted by Crippen LogP contribution is -2.01. The van der Waals surface area contributed by atoms with Crippen LogP contribution in [-0.4, -0.2) is 20.2 Å². The Morgan fingerprint density at radius 1 is 0.926 bits per heavy atom. The van der Waals surface area contributed by atoms with Gasteiger partial charge in [0.25, 0.3) is 0 Å². The normalized spacial score (nSPS) is 10.7. The number of benzene rings is 1. The molecule has 0 aliphatic heterocycles. The first-order valence-corrected chi connectivity index (χ1v) is 8.80. The van der Waals surface area contributed by atoms with E-state index < -0.39 is 0 Å². The van der Waals surface area contributed by atoms with Crippen molar-refractivity contribution in [1.82, 2.24) is 20.2 Å². The van der Waals surface area contributed by atoms with E-state index in [4.69, 9.17) is 4.74 Å². The smallest absolute Gasteiger partial charge is 0.130 e. The zero-order valence-corrected chi connectivity index (χ0v) is 15.3. The number of rotatable bonds is 5. The van der Waals surface area contributed by atoms with Gasteiger partial charge >= 0.3 is 0 Å². The van der Waals surface area contributed by atoms with E-state index in [9.17, 15) is 0 Å². The summed E-state index contributed by atoms with van der Waals surface area (Å²) < 4.78 is 5.90. The molecule has 0 saturated carbocycles. The molecule has 3 aromatic heterocycles. The second-order valence-electron chi connectivity index (χ2n) is 6.48. The zero-order valence-electron chi connectivity index (χ0n) is 15.3. The van der Waals surface area contributed by atoms with Crippen LogP contribution in [0.1, 0.15) is 16.8 Å². The topological polar surface area (TPSA) is 63.7 Å². The third-order valence-corrected chi connectivity index (χ3v) is 4.47. The van der Waals surface area contributed by atoms with Gasteiger partial charge in [-0.2, -0.15) is 5.10 Å². The van der Waals surface area contributed by atoms with Gasteiger partial charge in [0.15, 0.2) is 0 Å². The predicted molar refractivity (Wildman–Crippen MR) is 105 cm³/mol. The molecular weight excluding hydrogens is 336 g/mol. The molecular formula is C22H20N4O. The van der Waals surface area contributed by atoms with Crippen LogP contribution in [0.25, 0.3) is 22.4 Å². The Kier molecular flexibility index (Phi) is 4.66. The summed E-state index contributed by atoms with van der Waals surface area (Å²) >= 11 is 0. The number of nitrogens with one attached hydrogen (secondary N) is 1. The monoisotopic (exact) mass is 356 g/mol. The van der Waals surface area contributed by atoms with Gasteiger partial charge in [0.2, 0.25) is 0 Å². The van der Waals surface area contributed by atoms with E-state index in [1.807, 2.05) is 55.7 Å². The molecule has 0 amide bonds. The molecule has 0 bridgehead atoms. The fourth-order valence-electron chi connectivity index (χ4n) is 3.02. The third kappa shape index (κ3) is 3.72. The van der Waals surface area contributed by atoms with Crippen molar-refractivity contribution in [2.75, 3.05) is 0 Å². The molecule has 0 radical (unpaired) electrons. The van der Waals surface area contributed by atoms with E-state index in [0.717, 1.165) is 45.0 Å². The third-order valence-electron chi connectivity index (χ3n) is 4.47. The number of aromatic amines is 1. The van der Waals surface area contributed by atoms with Gasteiger partial charge in [0, 0.05) is 29.7 Å². The van der Waals surface area contributed by atoms with Crippen molar-refractivity contribution >= 4 is 0 Å². The molecule has 5 heteroatoms. The van der Waals surface area contributed by atoms with Crippen LogP contribution in [0.15, 0.2) is 67.3 Å². The summed E-state index contributed by atoms with van der Waals surface area (Å²) in [7, 11) is 0. The average Bonchev–Trinajstić information content (AvgIpc) is 3.18. The Labute approximate surface area is 158 Å². The number of nitrogens with zero attached hydrogens (tertiary/aromatic N) is 3. The second kappa shape index (κ2) is 7.41. The Hall–Kier alpha value is -3.47. The molecule has 0 atom stereocenters. The molecule has 0 unspecified atom stereocenters. The number of hydrogen-bond acceptors (Lipinski definition) is 4. The number of hydrogen-bond donors (Lipinski definition) is 1. The molecule has 1 aromatic carbocycles. The van der Waals surface area contributed by atoms with Crippen molar-refractivity contribution in [3.8, 4) is 28.1 Å². The molecule has 0 saturated heterocycles. The Morgan fingerprint density at radius 2 is 1.70 bits per heavy atom. The van der Waals surface area contributed by atoms with Crippen molar-refractivity contribution in [2.45, 2.75) is 20.5 Å². The molecule has 0 aliphatic carbocycles. The number of H-pyrrole nitrogens is 1. The quantitative estimate of drug-likeness (QED) is 0.561. The van der Waals surface area contributed by atoms with Crippen LogP contribution in [0.4, 0.5) is 0 Å². The van der Waals surface area contributed by atoms with Crippen molar-refractivity contribution in [1.29, 1.82) is 0 Å². The van der Waals surface area contributed by atoms with Gasteiger partial charge in [0.05, 0.1) is 17.6 Å². The summed E-state index contributed by atoms with van der Waals surface area (Å²) in [6, 6.07) is 14.1. The van der Waals surface area contributed by atoms with E-state index in [2.05, 4.69) is 33.2 Å². The van der Waals surface area contributed by atoms with Crippen LogP contribution in [-0.2, 0) is 6.61 Å². The van der Waals surface area contributed by atoms with Crippen LogP contribution in [0, 0.1) is 13.8 Å². The first kappa shape index (κ1) is 17.0. The molecule has 4 aromatic rings. The summed E-state index contributed by atoms with van der Waals surface area (Å²) in [6.45, 7) is 4.55. The van der Waals surface area contributed by atoms with Crippen molar-refractivity contribution in [3.05, 3.63) is 84.1 Å². The molecule has 5 nitrogen and oxygen atoms in total. The summed E-state index contributed by atoms with van der Waals surface area (Å²) in [5.74, 6) is 0.811. The first-order valence-electron chi connectivity index (χ1n) is 8.80. The highest BCUT2D eigenvalue weighted by atomic mass is 16.5. The zero-order chi connectivity index (χ0) is 18.6. The molecule has 27 heavy (non-hydrogen) atoms. The number of aryl methyl sites for hydroxylation is 2. The summed E-state index contributed by atoms with van der Waals surface area (Å²) in [5.41, 5.74) is 7.41. The fraction of sp³-hybridized carbons (Fsp3) is 0.136. The van der Waals surface area contributed by atoms with Gasteiger partial charge in [-0.05, 0) is 66.9 Å². The van der Waals surface area contributed by atoms with Crippen LogP contribution in [0.2, 0.25) is 0 Å². The first-order chi connectivity index (χ1) is 13.2. The van der Waals surface area contributed by atoms with Crippen molar-refractivity contribution < 1.29 is 4.74 Å². The molecule has 134 valence electrons. The van der Waals surface area contributed by atoms with E-state index in [0.29, 0.717) is 6.61 Å². The number of ether oxygens (including phenoxy) is 1. The minimum Gasteiger partial charge on any atom is -0.487 e. The average molecular weight is 356 g/mol. The molecule has 3 heterocycles. The lowest BCUT2D eigenvalue weighted by atomic mass is 10.0. The summed E-state index contributed by atoms with van der Waals surface area (Å²) in [6.07, 6.45) is 7.27. The maximum atomic E-state index is 5.90. The van der Waals surface area contributed by atoms with Crippen LogP contribution < -0.4 is 4.74 Å². The lowest BCUT2D eigenvalue weighted by molar-refractivity contribution is 0.300. The number of aromatic nitrogens is 4. The van der Waals surface area contributed by atoms with Crippen molar-refractivity contribution in [2.24, 2.45) is 0 Å². The molecule has 0 aliphatic rings. The predicted octanol–water partition coefficient (Wildman–Crippen LogP) is 4.73. The van der Waals surface area contributed by atoms with Crippen LogP contribution in [0.3, 0.4) is 0 Å². The molecule has 4 rings (SSSR count). The van der Waals surface area contributed by atoms with Crippen LogP contribution >= 0.6 is 0 Å². The van der Waals surface area contributed by atoms with Gasteiger partial charge < -0.3 is 4.74 Å². The van der Waals surface area contributed by atoms with Gasteiger partial charge in [-0.25, -0.2) is 0 Å². The Balaban J connectivity index is 1.51. The second-order valence-corrected chi connectivity index (χ2v) is 6.48. The Morgan fingerprint density at radius 3 is 2.44 bits per heavy atom. The highest BCUT2D eigenvalue weighted by molar-refractivity contribution is 5.80. The van der Waals surface area contributed by atoms with Gasteiger partial charge in [-0.15, -0.1) is 0 Å². The van der Waals surface area contributed by atoms with E-state index in [1.165, 1.54) is 0 Å². The minimum atomic E-state index is 0.456. The standard InChI is InChI=1S/C22H20N4O/c1-15-11-16(2)21(24-12-15)14-27-19-5-3-18(4-6-19)22-20(13-25-26-22)17-7-9-23-10-8-17/h3-13H,14H2,1-2H3,(H,25,26). The Bertz CT molecular complexity index is 1040. The molecule has 0 fully saturated rings. The van der Waals surface area contributed by atoms with Gasteiger partial charge in [-0.1, -0.05) is 6.07 Å². The van der Waals surface area contributed by atoms with Crippen molar-refractivity contribution in [3.63, 3.8) is 0 Å². The SMILES string of the molecule is Cc1cnc(COc2ccc(-c3[nH]ncc3-c3ccncc3)cc2)c(C)c1. The molecule has 0 spiro atoms. The maximum absolute atomic E-state index is 5.90. The van der Waals surface area contributed by atoms with E-state index in [1.54, 1.807) is 12.4 Å². The largest absolute Gasteiger partial charge is 0.487 e. The van der Waals surface area contributed by atoms with Gasteiger partial charge in [-0.3, -0.25) is 15.1 Å².